The lowest BCUT2D eigenvalue weighted by Crippen LogP contribution is -2.26. The van der Waals surface area contributed by atoms with E-state index in [0.29, 0.717) is 13.1 Å². The zero-order valence-electron chi connectivity index (χ0n) is 10.2. The molecule has 2 N–H and O–H groups in total. The van der Waals surface area contributed by atoms with Crippen LogP contribution >= 0.6 is 0 Å². The van der Waals surface area contributed by atoms with Crippen LogP contribution in [0.25, 0.3) is 0 Å². The molecule has 0 radical (unpaired) electrons. The van der Waals surface area contributed by atoms with Gasteiger partial charge < -0.3 is 5.32 Å². The summed E-state index contributed by atoms with van der Waals surface area (Å²) < 4.78 is 24.0. The van der Waals surface area contributed by atoms with Crippen LogP contribution in [0.15, 0.2) is 18.3 Å². The van der Waals surface area contributed by atoms with Gasteiger partial charge in [0.2, 0.25) is 10.0 Å². The molecule has 0 fully saturated rings. The van der Waals surface area contributed by atoms with Crippen LogP contribution in [0.2, 0.25) is 0 Å². The highest BCUT2D eigenvalue weighted by Crippen LogP contribution is 1.97. The van der Waals surface area contributed by atoms with Crippen molar-refractivity contribution in [2.75, 3.05) is 19.3 Å². The van der Waals surface area contributed by atoms with E-state index >= 15 is 0 Å². The zero-order chi connectivity index (χ0) is 12.7. The van der Waals surface area contributed by atoms with Crippen molar-refractivity contribution in [1.29, 1.82) is 0 Å². The van der Waals surface area contributed by atoms with E-state index in [1.54, 1.807) is 0 Å². The fraction of sp³-hybridized carbons (Fsp3) is 0.545. The van der Waals surface area contributed by atoms with E-state index in [1.807, 2.05) is 25.3 Å². The van der Waals surface area contributed by atoms with Gasteiger partial charge in [-0.15, -0.1) is 0 Å². The van der Waals surface area contributed by atoms with Gasteiger partial charge in [-0.05, 0) is 31.5 Å². The molecule has 0 atom stereocenters. The van der Waals surface area contributed by atoms with E-state index in [0.717, 1.165) is 30.5 Å². The highest BCUT2D eigenvalue weighted by molar-refractivity contribution is 7.88. The van der Waals surface area contributed by atoms with Gasteiger partial charge in [0.05, 0.1) is 11.9 Å². The van der Waals surface area contributed by atoms with E-state index in [2.05, 4.69) is 15.0 Å². The normalized spacial score (nSPS) is 11.6. The molecular formula is C11H19N3O2S. The molecule has 0 spiro atoms. The monoisotopic (exact) mass is 257 g/mol. The highest BCUT2D eigenvalue weighted by Gasteiger charge is 1.98. The molecule has 6 heteroatoms. The van der Waals surface area contributed by atoms with E-state index in [1.165, 1.54) is 0 Å². The molecule has 96 valence electrons. The number of hydrogen-bond acceptors (Lipinski definition) is 4. The molecule has 1 rings (SSSR count). The Morgan fingerprint density at radius 3 is 2.65 bits per heavy atom. The second kappa shape index (κ2) is 6.68. The maximum absolute atomic E-state index is 10.8. The predicted octanol–water partition coefficient (Wildman–Crippen LogP) is 0.419. The fourth-order valence-electron chi connectivity index (χ4n) is 1.29. The standard InChI is InChI=1S/C11H19N3O2S/c1-10-4-5-11(13-8-10)9-12-6-3-7-14-17(2,15)16/h4-5,8,12,14H,3,6-7,9H2,1-2H3. The quantitative estimate of drug-likeness (QED) is 0.694. The maximum atomic E-state index is 10.8. The lowest BCUT2D eigenvalue weighted by Gasteiger charge is -2.05. The van der Waals surface area contributed by atoms with Gasteiger partial charge in [0, 0.05) is 19.3 Å². The van der Waals surface area contributed by atoms with Crippen LogP contribution in [0.4, 0.5) is 0 Å². The minimum absolute atomic E-state index is 0.465. The molecular weight excluding hydrogens is 238 g/mol. The number of hydrogen-bond donors (Lipinski definition) is 2. The van der Waals surface area contributed by atoms with E-state index < -0.39 is 10.0 Å². The average Bonchev–Trinajstić information content (AvgIpc) is 2.24. The van der Waals surface area contributed by atoms with Gasteiger partial charge in [0.1, 0.15) is 0 Å². The number of sulfonamides is 1. The summed E-state index contributed by atoms with van der Waals surface area (Å²) >= 11 is 0. The first-order chi connectivity index (χ1) is 7.97. The molecule has 0 saturated carbocycles. The van der Waals surface area contributed by atoms with Crippen molar-refractivity contribution in [3.63, 3.8) is 0 Å². The summed E-state index contributed by atoms with van der Waals surface area (Å²) in [6.07, 6.45) is 3.76. The summed E-state index contributed by atoms with van der Waals surface area (Å²) in [5, 5.41) is 3.21. The van der Waals surface area contributed by atoms with Crippen LogP contribution in [0, 0.1) is 6.92 Å². The topological polar surface area (TPSA) is 71.1 Å². The Morgan fingerprint density at radius 1 is 1.29 bits per heavy atom. The molecule has 0 amide bonds. The first-order valence-corrected chi connectivity index (χ1v) is 7.43. The second-order valence-electron chi connectivity index (χ2n) is 4.02. The van der Waals surface area contributed by atoms with E-state index in [9.17, 15) is 8.42 Å². The molecule has 17 heavy (non-hydrogen) atoms. The Balaban J connectivity index is 2.10. The minimum Gasteiger partial charge on any atom is -0.311 e. The summed E-state index contributed by atoms with van der Waals surface area (Å²) in [5.41, 5.74) is 2.14. The Labute approximate surface area is 103 Å². The number of nitrogens with one attached hydrogen (secondary N) is 2. The van der Waals surface area contributed by atoms with Crippen LogP contribution in [-0.2, 0) is 16.6 Å². The summed E-state index contributed by atoms with van der Waals surface area (Å²) in [7, 11) is -3.06. The van der Waals surface area contributed by atoms with Gasteiger partial charge in [0.15, 0.2) is 0 Å². The van der Waals surface area contributed by atoms with Gasteiger partial charge >= 0.3 is 0 Å². The molecule has 0 aliphatic heterocycles. The molecule has 0 bridgehead atoms. The van der Waals surface area contributed by atoms with Crippen LogP contribution in [0.1, 0.15) is 17.7 Å². The summed E-state index contributed by atoms with van der Waals surface area (Å²) in [5.74, 6) is 0. The van der Waals surface area contributed by atoms with Gasteiger partial charge in [-0.2, -0.15) is 0 Å². The zero-order valence-corrected chi connectivity index (χ0v) is 11.0. The molecule has 0 unspecified atom stereocenters. The molecule has 5 nitrogen and oxygen atoms in total. The SMILES string of the molecule is Cc1ccc(CNCCCNS(C)(=O)=O)nc1. The Bertz CT molecular complexity index is 429. The van der Waals surface area contributed by atoms with Crippen molar-refractivity contribution >= 4 is 10.0 Å². The first kappa shape index (κ1) is 14.1. The number of rotatable bonds is 7. The Hall–Kier alpha value is -0.980. The summed E-state index contributed by atoms with van der Waals surface area (Å²) in [6, 6.07) is 4.01. The van der Waals surface area contributed by atoms with Gasteiger partial charge in [-0.3, -0.25) is 4.98 Å². The van der Waals surface area contributed by atoms with Crippen LogP contribution in [0.5, 0.6) is 0 Å². The molecule has 0 saturated heterocycles. The third kappa shape index (κ3) is 7.04. The Kier molecular flexibility index (Phi) is 5.54. The molecule has 1 aromatic rings. The van der Waals surface area contributed by atoms with Crippen molar-refractivity contribution in [3.8, 4) is 0 Å². The Morgan fingerprint density at radius 2 is 2.06 bits per heavy atom. The van der Waals surface area contributed by atoms with Gasteiger partial charge in [-0.1, -0.05) is 6.07 Å². The van der Waals surface area contributed by atoms with Crippen molar-refractivity contribution in [2.45, 2.75) is 19.9 Å². The van der Waals surface area contributed by atoms with Crippen LogP contribution in [-0.4, -0.2) is 32.7 Å². The lowest BCUT2D eigenvalue weighted by molar-refractivity contribution is 0.578. The maximum Gasteiger partial charge on any atom is 0.208 e. The fourth-order valence-corrected chi connectivity index (χ4v) is 1.81. The summed E-state index contributed by atoms with van der Waals surface area (Å²) in [6.45, 7) is 3.94. The number of nitrogens with zero attached hydrogens (tertiary/aromatic N) is 1. The number of pyridine rings is 1. The number of aryl methyl sites for hydroxylation is 1. The third-order valence-corrected chi connectivity index (χ3v) is 2.90. The van der Waals surface area contributed by atoms with Gasteiger partial charge in [0.25, 0.3) is 0 Å². The van der Waals surface area contributed by atoms with Crippen molar-refractivity contribution in [2.24, 2.45) is 0 Å². The first-order valence-electron chi connectivity index (χ1n) is 5.54. The second-order valence-corrected chi connectivity index (χ2v) is 5.86. The van der Waals surface area contributed by atoms with Crippen molar-refractivity contribution in [1.82, 2.24) is 15.0 Å². The van der Waals surface area contributed by atoms with Crippen molar-refractivity contribution in [3.05, 3.63) is 29.6 Å². The smallest absolute Gasteiger partial charge is 0.208 e. The van der Waals surface area contributed by atoms with Crippen LogP contribution < -0.4 is 10.0 Å². The molecule has 0 aliphatic rings. The lowest BCUT2D eigenvalue weighted by atomic mass is 10.3. The minimum atomic E-state index is -3.06. The molecule has 0 aliphatic carbocycles. The molecule has 1 aromatic heterocycles. The van der Waals surface area contributed by atoms with E-state index in [-0.39, 0.29) is 0 Å². The largest absolute Gasteiger partial charge is 0.311 e. The molecule has 0 aromatic carbocycles. The van der Waals surface area contributed by atoms with E-state index in [4.69, 9.17) is 0 Å². The predicted molar refractivity (Wildman–Crippen MR) is 68.1 cm³/mol. The number of aromatic nitrogens is 1. The van der Waals surface area contributed by atoms with Crippen LogP contribution in [0.3, 0.4) is 0 Å². The van der Waals surface area contributed by atoms with Crippen molar-refractivity contribution < 1.29 is 8.42 Å². The highest BCUT2D eigenvalue weighted by atomic mass is 32.2. The average molecular weight is 257 g/mol. The third-order valence-electron chi connectivity index (χ3n) is 2.17. The summed E-state index contributed by atoms with van der Waals surface area (Å²) in [4.78, 5) is 4.26. The van der Waals surface area contributed by atoms with Gasteiger partial charge in [-0.25, -0.2) is 13.1 Å². The molecule has 1 heterocycles.